The van der Waals surface area contributed by atoms with Gasteiger partial charge in [0, 0.05) is 32.1 Å². The van der Waals surface area contributed by atoms with Gasteiger partial charge in [0.05, 0.1) is 19.7 Å². The van der Waals surface area contributed by atoms with Gasteiger partial charge < -0.3 is 19.5 Å². The van der Waals surface area contributed by atoms with Gasteiger partial charge in [-0.3, -0.25) is 14.5 Å². The number of carbonyl (C=O) groups is 2. The highest BCUT2D eigenvalue weighted by Crippen LogP contribution is 2.41. The van der Waals surface area contributed by atoms with Crippen LogP contribution >= 0.6 is 0 Å². The van der Waals surface area contributed by atoms with E-state index in [1.807, 2.05) is 0 Å². The zero-order valence-corrected chi connectivity index (χ0v) is 15.6. The van der Waals surface area contributed by atoms with Gasteiger partial charge in [0.15, 0.2) is 5.69 Å². The maximum absolute atomic E-state index is 12.7. The van der Waals surface area contributed by atoms with Gasteiger partial charge in [-0.25, -0.2) is 0 Å². The van der Waals surface area contributed by atoms with E-state index in [9.17, 15) is 9.59 Å². The summed E-state index contributed by atoms with van der Waals surface area (Å²) in [7, 11) is 1.67. The lowest BCUT2D eigenvalue weighted by atomic mass is 9.89. The summed E-state index contributed by atoms with van der Waals surface area (Å²) in [5, 5.41) is 6.70. The molecule has 8 nitrogen and oxygen atoms in total. The molecule has 1 aromatic heterocycles. The molecule has 2 amide bonds. The third-order valence-electron chi connectivity index (χ3n) is 6.19. The summed E-state index contributed by atoms with van der Waals surface area (Å²) in [5.41, 5.74) is 0.0265. The lowest BCUT2D eigenvalue weighted by molar-refractivity contribution is -0.191. The molecule has 1 atom stereocenters. The van der Waals surface area contributed by atoms with E-state index in [-0.39, 0.29) is 23.5 Å². The number of nitrogens with one attached hydrogen (secondary N) is 1. The monoisotopic (exact) mass is 374 g/mol. The Morgan fingerprint density at radius 3 is 2.70 bits per heavy atom. The standard InChI is InChI=1S/C19H26N4O4/c1-20-17(24)15-8-26-19(9-22(15)7-12-2-3-12)10-23(11-19)18(25)14-6-16(27-21-14)13-4-5-13/h6,12-13,15H,2-5,7-11H2,1H3,(H,20,24). The molecule has 2 saturated carbocycles. The highest BCUT2D eigenvalue weighted by atomic mass is 16.5. The molecule has 2 aliphatic heterocycles. The Bertz CT molecular complexity index is 749. The molecule has 2 saturated heterocycles. The number of hydrogen-bond donors (Lipinski definition) is 1. The molecule has 1 aromatic rings. The van der Waals surface area contributed by atoms with Gasteiger partial charge >= 0.3 is 0 Å². The van der Waals surface area contributed by atoms with Crippen molar-refractivity contribution >= 4 is 11.8 Å². The quantitative estimate of drug-likeness (QED) is 0.812. The molecule has 3 heterocycles. The van der Waals surface area contributed by atoms with Gasteiger partial charge in [-0.15, -0.1) is 0 Å². The van der Waals surface area contributed by atoms with Crippen LogP contribution in [0.1, 0.15) is 47.8 Å². The predicted octanol–water partition coefficient (Wildman–Crippen LogP) is 0.603. The van der Waals surface area contributed by atoms with E-state index in [1.54, 1.807) is 18.0 Å². The second-order valence-corrected chi connectivity index (χ2v) is 8.55. The van der Waals surface area contributed by atoms with Crippen LogP contribution in [0.15, 0.2) is 10.6 Å². The first-order chi connectivity index (χ1) is 13.1. The first kappa shape index (κ1) is 17.2. The van der Waals surface area contributed by atoms with Crippen molar-refractivity contribution in [3.8, 4) is 0 Å². The summed E-state index contributed by atoms with van der Waals surface area (Å²) in [6.07, 6.45) is 4.72. The number of morpholine rings is 1. The number of likely N-dealkylation sites (tertiary alicyclic amines) is 1. The summed E-state index contributed by atoms with van der Waals surface area (Å²) >= 11 is 0. The Morgan fingerprint density at radius 2 is 2.04 bits per heavy atom. The van der Waals surface area contributed by atoms with Crippen molar-refractivity contribution in [3.05, 3.63) is 17.5 Å². The molecule has 27 heavy (non-hydrogen) atoms. The molecule has 8 heteroatoms. The van der Waals surface area contributed by atoms with Crippen molar-refractivity contribution in [2.75, 3.05) is 39.8 Å². The molecular formula is C19H26N4O4. The van der Waals surface area contributed by atoms with E-state index in [2.05, 4.69) is 15.4 Å². The van der Waals surface area contributed by atoms with Crippen LogP contribution < -0.4 is 5.32 Å². The third-order valence-corrected chi connectivity index (χ3v) is 6.19. The molecule has 4 fully saturated rings. The summed E-state index contributed by atoms with van der Waals surface area (Å²) in [4.78, 5) is 28.9. The zero-order valence-electron chi connectivity index (χ0n) is 15.6. The van der Waals surface area contributed by atoms with Crippen LogP contribution in [-0.2, 0) is 9.53 Å². The molecule has 0 aromatic carbocycles. The van der Waals surface area contributed by atoms with Crippen LogP contribution in [0.25, 0.3) is 0 Å². The Morgan fingerprint density at radius 1 is 1.26 bits per heavy atom. The second kappa shape index (κ2) is 6.31. The van der Waals surface area contributed by atoms with Crippen LogP contribution in [0.4, 0.5) is 0 Å². The third kappa shape index (κ3) is 3.25. The number of carbonyl (C=O) groups excluding carboxylic acids is 2. The van der Waals surface area contributed by atoms with E-state index >= 15 is 0 Å². The average molecular weight is 374 g/mol. The number of likely N-dealkylation sites (N-methyl/N-ethyl adjacent to an activating group) is 1. The zero-order chi connectivity index (χ0) is 18.6. The molecule has 1 N–H and O–H groups in total. The summed E-state index contributed by atoms with van der Waals surface area (Å²) in [6, 6.07) is 1.55. The van der Waals surface area contributed by atoms with Gasteiger partial charge in [-0.1, -0.05) is 5.16 Å². The number of nitrogens with zero attached hydrogens (tertiary/aromatic N) is 3. The fraction of sp³-hybridized carbons (Fsp3) is 0.737. The normalized spacial score (nSPS) is 27.4. The van der Waals surface area contributed by atoms with Crippen molar-refractivity contribution in [3.63, 3.8) is 0 Å². The fourth-order valence-corrected chi connectivity index (χ4v) is 4.22. The molecule has 1 spiro atoms. The van der Waals surface area contributed by atoms with Crippen molar-refractivity contribution in [1.29, 1.82) is 0 Å². The van der Waals surface area contributed by atoms with Crippen molar-refractivity contribution < 1.29 is 18.8 Å². The number of amides is 2. The molecule has 0 radical (unpaired) electrons. The van der Waals surface area contributed by atoms with Crippen LogP contribution in [-0.4, -0.2) is 78.2 Å². The average Bonchev–Trinajstić information content (AvgIpc) is 3.59. The van der Waals surface area contributed by atoms with Crippen molar-refractivity contribution in [1.82, 2.24) is 20.3 Å². The highest BCUT2D eigenvalue weighted by molar-refractivity contribution is 5.93. The first-order valence-corrected chi connectivity index (χ1v) is 9.92. The minimum Gasteiger partial charge on any atom is -0.368 e. The predicted molar refractivity (Wildman–Crippen MR) is 95.2 cm³/mol. The molecule has 1 unspecified atom stereocenters. The molecule has 5 rings (SSSR count). The van der Waals surface area contributed by atoms with Gasteiger partial charge in [0.25, 0.3) is 5.91 Å². The van der Waals surface area contributed by atoms with E-state index in [1.165, 1.54) is 12.8 Å². The van der Waals surface area contributed by atoms with E-state index in [4.69, 9.17) is 9.26 Å². The minimum atomic E-state index is -0.363. The summed E-state index contributed by atoms with van der Waals surface area (Å²) in [5.74, 6) is 1.88. The molecular weight excluding hydrogens is 348 g/mol. The number of aromatic nitrogens is 1. The lowest BCUT2D eigenvalue weighted by Gasteiger charge is -2.55. The van der Waals surface area contributed by atoms with Crippen LogP contribution in [0.2, 0.25) is 0 Å². The van der Waals surface area contributed by atoms with Gasteiger partial charge in [0.2, 0.25) is 5.91 Å². The maximum atomic E-state index is 12.7. The number of ether oxygens (including phenoxy) is 1. The van der Waals surface area contributed by atoms with E-state index < -0.39 is 0 Å². The number of rotatable bonds is 5. The van der Waals surface area contributed by atoms with E-state index in [0.717, 1.165) is 25.1 Å². The summed E-state index contributed by atoms with van der Waals surface area (Å²) in [6.45, 7) is 3.09. The number of hydrogen-bond acceptors (Lipinski definition) is 6. The molecule has 0 bridgehead atoms. The van der Waals surface area contributed by atoms with Crippen molar-refractivity contribution in [2.45, 2.75) is 43.2 Å². The fourth-order valence-electron chi connectivity index (χ4n) is 4.22. The molecule has 4 aliphatic rings. The molecule has 146 valence electrons. The van der Waals surface area contributed by atoms with Crippen LogP contribution in [0.3, 0.4) is 0 Å². The Hall–Kier alpha value is -1.93. The Kier molecular flexibility index (Phi) is 4.01. The second-order valence-electron chi connectivity index (χ2n) is 8.55. The molecule has 2 aliphatic carbocycles. The summed E-state index contributed by atoms with van der Waals surface area (Å²) < 4.78 is 11.4. The van der Waals surface area contributed by atoms with E-state index in [0.29, 0.717) is 43.8 Å². The first-order valence-electron chi connectivity index (χ1n) is 9.92. The van der Waals surface area contributed by atoms with Gasteiger partial charge in [-0.2, -0.15) is 0 Å². The Balaban J connectivity index is 1.22. The van der Waals surface area contributed by atoms with Crippen molar-refractivity contribution in [2.24, 2.45) is 5.92 Å². The smallest absolute Gasteiger partial charge is 0.276 e. The topological polar surface area (TPSA) is 87.9 Å². The van der Waals surface area contributed by atoms with Crippen LogP contribution in [0, 0.1) is 5.92 Å². The largest absolute Gasteiger partial charge is 0.368 e. The Labute approximate surface area is 158 Å². The van der Waals surface area contributed by atoms with Gasteiger partial charge in [0.1, 0.15) is 17.4 Å². The minimum absolute atomic E-state index is 0.00737. The highest BCUT2D eigenvalue weighted by Gasteiger charge is 2.53. The lowest BCUT2D eigenvalue weighted by Crippen LogP contribution is -2.73. The van der Waals surface area contributed by atoms with Gasteiger partial charge in [-0.05, 0) is 31.6 Å². The maximum Gasteiger partial charge on any atom is 0.276 e. The SMILES string of the molecule is CNC(=O)C1COC2(CN(C(=O)c3cc(C4CC4)on3)C2)CN1CC1CC1. The van der Waals surface area contributed by atoms with Crippen LogP contribution in [0.5, 0.6) is 0 Å².